The first kappa shape index (κ1) is 12.8. The largest absolute Gasteiger partial charge is 0.458 e. The lowest BCUT2D eigenvalue weighted by Gasteiger charge is -2.11. The number of carbonyl (C=O) groups excluding carboxylic acids is 1. The third kappa shape index (κ3) is 3.38. The predicted molar refractivity (Wildman–Crippen MR) is 71.9 cm³/mol. The van der Waals surface area contributed by atoms with Crippen LogP contribution in [0, 0.1) is 0 Å². The van der Waals surface area contributed by atoms with E-state index in [0.29, 0.717) is 22.7 Å². The number of rotatable bonds is 5. The van der Waals surface area contributed by atoms with Crippen LogP contribution in [0.1, 0.15) is 10.4 Å². The molecule has 0 bridgehead atoms. The molecular formula is C14H14N2O3. The van der Waals surface area contributed by atoms with Crippen LogP contribution in [0.25, 0.3) is 0 Å². The van der Waals surface area contributed by atoms with E-state index in [1.807, 2.05) is 30.3 Å². The molecule has 0 radical (unpaired) electrons. The molecule has 0 aliphatic carbocycles. The van der Waals surface area contributed by atoms with Gasteiger partial charge < -0.3 is 20.9 Å². The number of primary amides is 1. The van der Waals surface area contributed by atoms with Gasteiger partial charge >= 0.3 is 0 Å². The van der Waals surface area contributed by atoms with Crippen molar-refractivity contribution in [3.05, 3.63) is 54.1 Å². The lowest BCUT2D eigenvalue weighted by molar-refractivity contribution is 0.0997. The van der Waals surface area contributed by atoms with Gasteiger partial charge in [0.05, 0.1) is 5.69 Å². The molecule has 0 spiro atoms. The monoisotopic (exact) mass is 258 g/mol. The Kier molecular flexibility index (Phi) is 3.87. The molecule has 0 saturated carbocycles. The highest BCUT2D eigenvalue weighted by Gasteiger charge is 2.06. The number of amides is 1. The average molecular weight is 258 g/mol. The molecule has 5 heteroatoms. The number of anilines is 1. The number of benzene rings is 2. The molecule has 0 aromatic heterocycles. The summed E-state index contributed by atoms with van der Waals surface area (Å²) in [5, 5.41) is 0. The standard InChI is InChI=1S/C14H14N2O3/c15-12-7-6-10(14(16)17)8-13(12)19-9-18-11-4-2-1-3-5-11/h1-8H,9,15H2,(H2,16,17). The Morgan fingerprint density at radius 2 is 1.79 bits per heavy atom. The lowest BCUT2D eigenvalue weighted by Crippen LogP contribution is -2.12. The highest BCUT2D eigenvalue weighted by Crippen LogP contribution is 2.22. The van der Waals surface area contributed by atoms with Crippen LogP contribution in [-0.2, 0) is 0 Å². The van der Waals surface area contributed by atoms with Crippen molar-refractivity contribution in [1.29, 1.82) is 0 Å². The molecule has 0 heterocycles. The molecule has 5 nitrogen and oxygen atoms in total. The number of para-hydroxylation sites is 1. The Morgan fingerprint density at radius 3 is 2.47 bits per heavy atom. The van der Waals surface area contributed by atoms with Crippen LogP contribution >= 0.6 is 0 Å². The molecule has 0 aliphatic rings. The van der Waals surface area contributed by atoms with Gasteiger partial charge in [-0.3, -0.25) is 4.79 Å². The van der Waals surface area contributed by atoms with E-state index < -0.39 is 5.91 Å². The van der Waals surface area contributed by atoms with E-state index in [9.17, 15) is 4.79 Å². The second-order valence-corrected chi connectivity index (χ2v) is 3.84. The summed E-state index contributed by atoms with van der Waals surface area (Å²) < 4.78 is 10.7. The molecule has 0 aliphatic heterocycles. The van der Waals surface area contributed by atoms with Crippen molar-refractivity contribution in [2.45, 2.75) is 0 Å². The SMILES string of the molecule is NC(=O)c1ccc(N)c(OCOc2ccccc2)c1. The number of nitrogens with two attached hydrogens (primary N) is 2. The Labute approximate surface area is 110 Å². The molecule has 2 rings (SSSR count). The van der Waals surface area contributed by atoms with Crippen LogP contribution in [0.4, 0.5) is 5.69 Å². The van der Waals surface area contributed by atoms with E-state index in [2.05, 4.69) is 0 Å². The second-order valence-electron chi connectivity index (χ2n) is 3.84. The topological polar surface area (TPSA) is 87.6 Å². The zero-order chi connectivity index (χ0) is 13.7. The van der Waals surface area contributed by atoms with Gasteiger partial charge in [0.2, 0.25) is 12.7 Å². The number of nitrogen functional groups attached to an aromatic ring is 1. The van der Waals surface area contributed by atoms with Crippen LogP contribution in [0.3, 0.4) is 0 Å². The summed E-state index contributed by atoms with van der Waals surface area (Å²) in [6.45, 7) is -0.00354. The highest BCUT2D eigenvalue weighted by molar-refractivity contribution is 5.93. The van der Waals surface area contributed by atoms with Gasteiger partial charge in [-0.1, -0.05) is 18.2 Å². The molecular weight excluding hydrogens is 244 g/mol. The van der Waals surface area contributed by atoms with Crippen molar-refractivity contribution >= 4 is 11.6 Å². The fourth-order valence-corrected chi connectivity index (χ4v) is 1.49. The van der Waals surface area contributed by atoms with Crippen molar-refractivity contribution in [2.24, 2.45) is 5.73 Å². The van der Waals surface area contributed by atoms with Gasteiger partial charge in [0, 0.05) is 5.56 Å². The first-order valence-corrected chi connectivity index (χ1v) is 5.67. The Morgan fingerprint density at radius 1 is 1.05 bits per heavy atom. The Balaban J connectivity index is 1.99. The fraction of sp³-hybridized carbons (Fsp3) is 0.0714. The average Bonchev–Trinajstić information content (AvgIpc) is 2.42. The minimum absolute atomic E-state index is 0.00354. The van der Waals surface area contributed by atoms with E-state index in [1.165, 1.54) is 6.07 Å². The van der Waals surface area contributed by atoms with Gasteiger partial charge in [-0.25, -0.2) is 0 Å². The molecule has 1 amide bonds. The molecule has 2 aromatic rings. The summed E-state index contributed by atoms with van der Waals surface area (Å²) >= 11 is 0. The normalized spacial score (nSPS) is 9.89. The quantitative estimate of drug-likeness (QED) is 0.632. The summed E-state index contributed by atoms with van der Waals surface area (Å²) in [5.41, 5.74) is 11.7. The second kappa shape index (κ2) is 5.77. The van der Waals surface area contributed by atoms with E-state index in [1.54, 1.807) is 12.1 Å². The smallest absolute Gasteiger partial charge is 0.248 e. The molecule has 19 heavy (non-hydrogen) atoms. The molecule has 0 fully saturated rings. The van der Waals surface area contributed by atoms with Gasteiger partial charge in [0.15, 0.2) is 0 Å². The van der Waals surface area contributed by atoms with E-state index in [0.717, 1.165) is 0 Å². The van der Waals surface area contributed by atoms with Gasteiger partial charge in [0.25, 0.3) is 0 Å². The predicted octanol–water partition coefficient (Wildman–Crippen LogP) is 1.78. The van der Waals surface area contributed by atoms with E-state index >= 15 is 0 Å². The van der Waals surface area contributed by atoms with E-state index in [-0.39, 0.29) is 6.79 Å². The van der Waals surface area contributed by atoms with Crippen LogP contribution < -0.4 is 20.9 Å². The Hall–Kier alpha value is -2.69. The maximum Gasteiger partial charge on any atom is 0.248 e. The Bertz CT molecular complexity index is 570. The minimum atomic E-state index is -0.533. The van der Waals surface area contributed by atoms with Crippen molar-refractivity contribution in [3.8, 4) is 11.5 Å². The van der Waals surface area contributed by atoms with Crippen LogP contribution in [0.15, 0.2) is 48.5 Å². The van der Waals surface area contributed by atoms with Gasteiger partial charge in [0.1, 0.15) is 11.5 Å². The van der Waals surface area contributed by atoms with Crippen molar-refractivity contribution in [2.75, 3.05) is 12.5 Å². The molecule has 0 atom stereocenters. The zero-order valence-corrected chi connectivity index (χ0v) is 10.2. The minimum Gasteiger partial charge on any atom is -0.458 e. The summed E-state index contributed by atoms with van der Waals surface area (Å²) in [5.74, 6) is 0.521. The van der Waals surface area contributed by atoms with Crippen LogP contribution in [-0.4, -0.2) is 12.7 Å². The number of ether oxygens (including phenoxy) is 2. The molecule has 2 aromatic carbocycles. The maximum absolute atomic E-state index is 11.1. The summed E-state index contributed by atoms with van der Waals surface area (Å²) in [6, 6.07) is 13.8. The third-order valence-electron chi connectivity index (χ3n) is 2.48. The molecule has 98 valence electrons. The van der Waals surface area contributed by atoms with Crippen molar-refractivity contribution in [3.63, 3.8) is 0 Å². The van der Waals surface area contributed by atoms with Crippen LogP contribution in [0.5, 0.6) is 11.5 Å². The van der Waals surface area contributed by atoms with E-state index in [4.69, 9.17) is 20.9 Å². The molecule has 0 unspecified atom stereocenters. The third-order valence-corrected chi connectivity index (χ3v) is 2.48. The van der Waals surface area contributed by atoms with Gasteiger partial charge in [-0.15, -0.1) is 0 Å². The van der Waals surface area contributed by atoms with Gasteiger partial charge in [-0.2, -0.15) is 0 Å². The first-order chi connectivity index (χ1) is 9.16. The summed E-state index contributed by atoms with van der Waals surface area (Å²) in [6.07, 6.45) is 0. The molecule has 0 saturated heterocycles. The first-order valence-electron chi connectivity index (χ1n) is 5.67. The maximum atomic E-state index is 11.1. The fourth-order valence-electron chi connectivity index (χ4n) is 1.49. The number of carbonyl (C=O) groups is 1. The van der Waals surface area contributed by atoms with Crippen molar-refractivity contribution < 1.29 is 14.3 Å². The summed E-state index contributed by atoms with van der Waals surface area (Å²) in [7, 11) is 0. The van der Waals surface area contributed by atoms with Crippen molar-refractivity contribution in [1.82, 2.24) is 0 Å². The molecule has 4 N–H and O–H groups in total. The van der Waals surface area contributed by atoms with Crippen LogP contribution in [0.2, 0.25) is 0 Å². The lowest BCUT2D eigenvalue weighted by atomic mass is 10.2. The highest BCUT2D eigenvalue weighted by atomic mass is 16.7. The number of hydrogen-bond donors (Lipinski definition) is 2. The zero-order valence-electron chi connectivity index (χ0n) is 10.2. The number of hydrogen-bond acceptors (Lipinski definition) is 4. The van der Waals surface area contributed by atoms with Gasteiger partial charge in [-0.05, 0) is 30.3 Å². The summed E-state index contributed by atoms with van der Waals surface area (Å²) in [4.78, 5) is 11.1.